The van der Waals surface area contributed by atoms with Crippen molar-refractivity contribution in [2.24, 2.45) is 10.7 Å². The number of methoxy groups -OCH3 is 1. The molecular weight excluding hydrogens is 314 g/mol. The van der Waals surface area contributed by atoms with E-state index in [2.05, 4.69) is 15.3 Å². The van der Waals surface area contributed by atoms with E-state index in [1.165, 1.54) is 25.3 Å². The Bertz CT molecular complexity index is 727. The standard InChI is InChI=1S/C17H20F2N4O/c1-11-7-12(2)9-13(8-11)22-16(20)21-10-17(18,19)14-5-4-6-15(23-14)24-3/h4-9H,10H2,1-3H3,(H3,20,21,22). The zero-order valence-corrected chi connectivity index (χ0v) is 13.8. The lowest BCUT2D eigenvalue weighted by Crippen LogP contribution is -2.27. The summed E-state index contributed by atoms with van der Waals surface area (Å²) in [6.07, 6.45) is 0. The number of pyridine rings is 1. The number of alkyl halides is 2. The highest BCUT2D eigenvalue weighted by Crippen LogP contribution is 2.28. The van der Waals surface area contributed by atoms with Crippen LogP contribution in [0.4, 0.5) is 14.5 Å². The van der Waals surface area contributed by atoms with E-state index in [1.807, 2.05) is 32.0 Å². The molecule has 0 saturated carbocycles. The highest BCUT2D eigenvalue weighted by atomic mass is 19.3. The molecule has 3 N–H and O–H groups in total. The van der Waals surface area contributed by atoms with Crippen LogP contribution in [0.25, 0.3) is 0 Å². The third kappa shape index (κ3) is 4.65. The second-order valence-corrected chi connectivity index (χ2v) is 5.47. The van der Waals surface area contributed by atoms with E-state index in [-0.39, 0.29) is 11.8 Å². The second kappa shape index (κ2) is 7.25. The van der Waals surface area contributed by atoms with Gasteiger partial charge in [0.25, 0.3) is 0 Å². The predicted molar refractivity (Wildman–Crippen MR) is 90.7 cm³/mol. The van der Waals surface area contributed by atoms with Crippen LogP contribution in [0, 0.1) is 13.8 Å². The summed E-state index contributed by atoms with van der Waals surface area (Å²) in [5.74, 6) is -3.20. The van der Waals surface area contributed by atoms with Gasteiger partial charge in [-0.3, -0.25) is 0 Å². The van der Waals surface area contributed by atoms with Gasteiger partial charge < -0.3 is 15.8 Å². The van der Waals surface area contributed by atoms with E-state index in [0.29, 0.717) is 5.69 Å². The van der Waals surface area contributed by atoms with Crippen molar-refractivity contribution in [3.8, 4) is 5.88 Å². The number of benzene rings is 1. The van der Waals surface area contributed by atoms with Crippen LogP contribution >= 0.6 is 0 Å². The maximum absolute atomic E-state index is 14.2. The molecule has 0 saturated heterocycles. The summed E-state index contributed by atoms with van der Waals surface area (Å²) < 4.78 is 33.2. The van der Waals surface area contributed by atoms with E-state index in [4.69, 9.17) is 10.5 Å². The van der Waals surface area contributed by atoms with E-state index < -0.39 is 18.2 Å². The largest absolute Gasteiger partial charge is 0.481 e. The molecule has 0 fully saturated rings. The molecule has 5 nitrogen and oxygen atoms in total. The van der Waals surface area contributed by atoms with Gasteiger partial charge in [0, 0.05) is 11.8 Å². The molecule has 0 aliphatic rings. The first-order chi connectivity index (χ1) is 11.3. The number of aryl methyl sites for hydroxylation is 2. The zero-order valence-electron chi connectivity index (χ0n) is 13.8. The molecule has 0 amide bonds. The van der Waals surface area contributed by atoms with Gasteiger partial charge in [0.1, 0.15) is 12.2 Å². The Kier molecular flexibility index (Phi) is 5.33. The van der Waals surface area contributed by atoms with E-state index >= 15 is 0 Å². The molecule has 0 atom stereocenters. The van der Waals surface area contributed by atoms with Crippen LogP contribution in [0.1, 0.15) is 16.8 Å². The second-order valence-electron chi connectivity index (χ2n) is 5.47. The van der Waals surface area contributed by atoms with Crippen LogP contribution in [0.3, 0.4) is 0 Å². The van der Waals surface area contributed by atoms with Crippen LogP contribution in [-0.4, -0.2) is 24.6 Å². The lowest BCUT2D eigenvalue weighted by molar-refractivity contribution is 0.00147. The molecule has 2 aromatic rings. The maximum Gasteiger partial charge on any atom is 0.309 e. The Balaban J connectivity index is 2.09. The van der Waals surface area contributed by atoms with Crippen molar-refractivity contribution >= 4 is 11.6 Å². The van der Waals surface area contributed by atoms with Crippen LogP contribution < -0.4 is 15.8 Å². The molecule has 128 valence electrons. The Morgan fingerprint density at radius 1 is 1.25 bits per heavy atom. The Hall–Kier alpha value is -2.70. The number of anilines is 1. The first-order valence-corrected chi connectivity index (χ1v) is 7.35. The molecule has 24 heavy (non-hydrogen) atoms. The number of guanidine groups is 1. The van der Waals surface area contributed by atoms with Crippen LogP contribution in [0.2, 0.25) is 0 Å². The fraction of sp³-hybridized carbons (Fsp3) is 0.294. The van der Waals surface area contributed by atoms with Crippen LogP contribution in [0.15, 0.2) is 41.4 Å². The highest BCUT2D eigenvalue weighted by molar-refractivity contribution is 5.92. The number of ether oxygens (including phenoxy) is 1. The summed E-state index contributed by atoms with van der Waals surface area (Å²) in [4.78, 5) is 7.48. The Labute approximate surface area is 139 Å². The quantitative estimate of drug-likeness (QED) is 0.650. The molecule has 0 bridgehead atoms. The zero-order chi connectivity index (χ0) is 17.7. The third-order valence-electron chi connectivity index (χ3n) is 3.25. The van der Waals surface area contributed by atoms with Gasteiger partial charge in [0.2, 0.25) is 5.88 Å². The van der Waals surface area contributed by atoms with Gasteiger partial charge in [-0.05, 0) is 43.2 Å². The third-order valence-corrected chi connectivity index (χ3v) is 3.25. The molecule has 0 spiro atoms. The van der Waals surface area contributed by atoms with Crippen LogP contribution in [0.5, 0.6) is 5.88 Å². The summed E-state index contributed by atoms with van der Waals surface area (Å²) in [6, 6.07) is 9.90. The molecule has 0 aliphatic carbocycles. The summed E-state index contributed by atoms with van der Waals surface area (Å²) in [7, 11) is 1.37. The minimum absolute atomic E-state index is 0.0810. The molecule has 1 aromatic carbocycles. The number of aliphatic imine (C=N–C) groups is 1. The summed E-state index contributed by atoms with van der Waals surface area (Å²) >= 11 is 0. The predicted octanol–water partition coefficient (Wildman–Crippen LogP) is 3.23. The highest BCUT2D eigenvalue weighted by Gasteiger charge is 2.33. The first-order valence-electron chi connectivity index (χ1n) is 7.35. The number of nitrogens with zero attached hydrogens (tertiary/aromatic N) is 2. The van der Waals surface area contributed by atoms with Gasteiger partial charge in [0.15, 0.2) is 5.96 Å². The van der Waals surface area contributed by atoms with Crippen molar-refractivity contribution in [1.29, 1.82) is 0 Å². The molecule has 1 heterocycles. The number of nitrogens with one attached hydrogen (secondary N) is 1. The van der Waals surface area contributed by atoms with Crippen molar-refractivity contribution in [2.75, 3.05) is 19.0 Å². The fourth-order valence-electron chi connectivity index (χ4n) is 2.23. The average Bonchev–Trinajstić information content (AvgIpc) is 2.52. The normalized spacial score (nSPS) is 12.1. The minimum Gasteiger partial charge on any atom is -0.481 e. The van der Waals surface area contributed by atoms with Gasteiger partial charge in [0.05, 0.1) is 7.11 Å². The SMILES string of the molecule is COc1cccc(C(F)(F)CN=C(N)Nc2cc(C)cc(C)c2)n1. The van der Waals surface area contributed by atoms with Gasteiger partial charge in [-0.1, -0.05) is 12.1 Å². The van der Waals surface area contributed by atoms with Gasteiger partial charge in [-0.15, -0.1) is 0 Å². The molecule has 7 heteroatoms. The van der Waals surface area contributed by atoms with E-state index in [0.717, 1.165) is 11.1 Å². The van der Waals surface area contributed by atoms with Crippen molar-refractivity contribution in [3.05, 3.63) is 53.2 Å². The molecule has 0 aliphatic heterocycles. The number of hydrogen-bond donors (Lipinski definition) is 2. The Morgan fingerprint density at radius 3 is 2.54 bits per heavy atom. The molecule has 1 aromatic heterocycles. The smallest absolute Gasteiger partial charge is 0.309 e. The van der Waals surface area contributed by atoms with E-state index in [9.17, 15) is 8.78 Å². The number of rotatable bonds is 5. The number of aromatic nitrogens is 1. The summed E-state index contributed by atoms with van der Waals surface area (Å²) in [6.45, 7) is 3.07. The summed E-state index contributed by atoms with van der Waals surface area (Å²) in [5.41, 5.74) is 8.08. The van der Waals surface area contributed by atoms with Gasteiger partial charge >= 0.3 is 5.92 Å². The van der Waals surface area contributed by atoms with Crippen molar-refractivity contribution in [1.82, 2.24) is 4.98 Å². The Morgan fingerprint density at radius 2 is 1.92 bits per heavy atom. The average molecular weight is 334 g/mol. The molecule has 2 rings (SSSR count). The van der Waals surface area contributed by atoms with E-state index in [1.54, 1.807) is 0 Å². The number of halogens is 2. The molecule has 0 unspecified atom stereocenters. The number of nitrogens with two attached hydrogens (primary N) is 1. The van der Waals surface area contributed by atoms with Crippen molar-refractivity contribution in [2.45, 2.75) is 19.8 Å². The lowest BCUT2D eigenvalue weighted by Gasteiger charge is -2.15. The lowest BCUT2D eigenvalue weighted by atomic mass is 10.1. The molecule has 0 radical (unpaired) electrons. The summed E-state index contributed by atoms with van der Waals surface area (Å²) in [5, 5.41) is 2.82. The monoisotopic (exact) mass is 334 g/mol. The maximum atomic E-state index is 14.2. The van der Waals surface area contributed by atoms with Gasteiger partial charge in [-0.2, -0.15) is 8.78 Å². The fourth-order valence-corrected chi connectivity index (χ4v) is 2.23. The van der Waals surface area contributed by atoms with Crippen molar-refractivity contribution in [3.63, 3.8) is 0 Å². The van der Waals surface area contributed by atoms with Crippen LogP contribution in [-0.2, 0) is 5.92 Å². The first kappa shape index (κ1) is 17.7. The molecular formula is C17H20F2N4O. The van der Waals surface area contributed by atoms with Crippen molar-refractivity contribution < 1.29 is 13.5 Å². The van der Waals surface area contributed by atoms with Gasteiger partial charge in [-0.25, -0.2) is 9.98 Å². The number of hydrogen-bond acceptors (Lipinski definition) is 3. The topological polar surface area (TPSA) is 72.5 Å². The minimum atomic E-state index is -3.25.